The van der Waals surface area contributed by atoms with Crippen LogP contribution >= 0.6 is 0 Å². The summed E-state index contributed by atoms with van der Waals surface area (Å²) in [7, 11) is 3.19. The van der Waals surface area contributed by atoms with E-state index in [0.717, 1.165) is 21.3 Å². The minimum absolute atomic E-state index is 0.251. The molecule has 0 unspecified atom stereocenters. The Morgan fingerprint density at radius 3 is 2.53 bits per heavy atom. The number of fused-ring (bicyclic) bond motifs is 1. The summed E-state index contributed by atoms with van der Waals surface area (Å²) >= 11 is 0. The molecular weight excluding hydrogens is 458 g/mol. The minimum atomic E-state index is -0.611. The number of anilines is 1. The molecule has 1 amide bonds. The largest absolute Gasteiger partial charge is 0.332 e. The van der Waals surface area contributed by atoms with Crippen LogP contribution in [0.3, 0.4) is 0 Å². The molecular formula is C26H25N7O3. The van der Waals surface area contributed by atoms with Crippen LogP contribution in [0.15, 0.2) is 76.6 Å². The highest BCUT2D eigenvalue weighted by molar-refractivity contribution is 5.90. The Morgan fingerprint density at radius 1 is 1.00 bits per heavy atom. The van der Waals surface area contributed by atoms with Gasteiger partial charge in [-0.25, -0.2) is 19.0 Å². The lowest BCUT2D eigenvalue weighted by atomic mass is 10.1. The van der Waals surface area contributed by atoms with Gasteiger partial charge in [-0.15, -0.1) is 0 Å². The first-order chi connectivity index (χ1) is 17.3. The number of nitrogens with zero attached hydrogens (tertiary/aromatic N) is 6. The van der Waals surface area contributed by atoms with Crippen molar-refractivity contribution in [3.8, 4) is 11.3 Å². The predicted molar refractivity (Wildman–Crippen MR) is 137 cm³/mol. The van der Waals surface area contributed by atoms with Gasteiger partial charge in [0.15, 0.2) is 11.2 Å². The Morgan fingerprint density at radius 2 is 1.78 bits per heavy atom. The molecule has 0 saturated heterocycles. The number of imidazole rings is 1. The molecule has 0 atom stereocenters. The van der Waals surface area contributed by atoms with Crippen LogP contribution in [0.4, 0.5) is 5.82 Å². The summed E-state index contributed by atoms with van der Waals surface area (Å²) in [5, 5.41) is 7.57. The molecule has 5 rings (SSSR count). The van der Waals surface area contributed by atoms with Crippen molar-refractivity contribution in [2.75, 3.05) is 5.32 Å². The number of aryl methyl sites for hydroxylation is 3. The van der Waals surface area contributed by atoms with Crippen molar-refractivity contribution < 1.29 is 4.79 Å². The number of hydrogen-bond donors (Lipinski definition) is 1. The van der Waals surface area contributed by atoms with E-state index < -0.39 is 23.7 Å². The molecule has 182 valence electrons. The van der Waals surface area contributed by atoms with Crippen molar-refractivity contribution in [2.24, 2.45) is 14.1 Å². The molecule has 2 aromatic carbocycles. The Labute approximate surface area is 206 Å². The lowest BCUT2D eigenvalue weighted by molar-refractivity contribution is -0.116. The van der Waals surface area contributed by atoms with Crippen molar-refractivity contribution in [1.29, 1.82) is 0 Å². The molecule has 10 heteroatoms. The van der Waals surface area contributed by atoms with Crippen LogP contribution in [0.2, 0.25) is 0 Å². The molecule has 0 aliphatic carbocycles. The van der Waals surface area contributed by atoms with Gasteiger partial charge in [0.2, 0.25) is 5.91 Å². The maximum Gasteiger partial charge on any atom is 0.332 e. The van der Waals surface area contributed by atoms with Crippen molar-refractivity contribution >= 4 is 22.9 Å². The molecule has 0 aliphatic heterocycles. The number of carbonyl (C=O) groups is 1. The summed E-state index contributed by atoms with van der Waals surface area (Å²) in [6.07, 6.45) is 1.46. The molecule has 10 nitrogen and oxygen atoms in total. The molecule has 0 radical (unpaired) electrons. The van der Waals surface area contributed by atoms with Crippen LogP contribution in [-0.4, -0.2) is 34.4 Å². The molecule has 0 bridgehead atoms. The van der Waals surface area contributed by atoms with Crippen LogP contribution in [0.1, 0.15) is 11.1 Å². The van der Waals surface area contributed by atoms with E-state index in [4.69, 9.17) is 5.10 Å². The lowest BCUT2D eigenvalue weighted by Crippen LogP contribution is -2.42. The van der Waals surface area contributed by atoms with Gasteiger partial charge in [0, 0.05) is 25.7 Å². The average Bonchev–Trinajstić information content (AvgIpc) is 3.44. The number of nitrogens with one attached hydrogen (secondary N) is 1. The number of aromatic nitrogens is 6. The maximum atomic E-state index is 13.1. The number of benzene rings is 2. The zero-order valence-electron chi connectivity index (χ0n) is 20.2. The van der Waals surface area contributed by atoms with Gasteiger partial charge in [0.1, 0.15) is 12.4 Å². The Hall–Kier alpha value is -4.73. The van der Waals surface area contributed by atoms with Crippen LogP contribution in [0.5, 0.6) is 0 Å². The average molecular weight is 484 g/mol. The monoisotopic (exact) mass is 483 g/mol. The molecule has 0 spiro atoms. The topological polar surface area (TPSA) is 109 Å². The normalized spacial score (nSPS) is 11.2. The molecule has 0 aliphatic rings. The predicted octanol–water partition coefficient (Wildman–Crippen LogP) is 2.29. The molecule has 3 aromatic heterocycles. The van der Waals surface area contributed by atoms with Crippen molar-refractivity contribution in [3.63, 3.8) is 0 Å². The van der Waals surface area contributed by atoms with Gasteiger partial charge in [-0.2, -0.15) is 5.10 Å². The molecule has 36 heavy (non-hydrogen) atoms. The second-order valence-electron chi connectivity index (χ2n) is 8.74. The Balaban J connectivity index is 1.49. The fourth-order valence-electron chi connectivity index (χ4n) is 4.20. The van der Waals surface area contributed by atoms with Gasteiger partial charge in [0.25, 0.3) is 5.56 Å². The number of hydrogen-bond acceptors (Lipinski definition) is 5. The second-order valence-corrected chi connectivity index (χ2v) is 8.74. The van der Waals surface area contributed by atoms with Gasteiger partial charge >= 0.3 is 5.69 Å². The zero-order valence-corrected chi connectivity index (χ0v) is 20.2. The van der Waals surface area contributed by atoms with Crippen molar-refractivity contribution in [3.05, 3.63) is 99.0 Å². The van der Waals surface area contributed by atoms with E-state index in [2.05, 4.69) is 10.3 Å². The summed E-state index contributed by atoms with van der Waals surface area (Å²) in [5.41, 5.74) is 3.07. The van der Waals surface area contributed by atoms with Gasteiger partial charge in [-0.3, -0.25) is 14.2 Å². The van der Waals surface area contributed by atoms with Gasteiger partial charge in [0.05, 0.1) is 18.6 Å². The maximum absolute atomic E-state index is 13.1. The van der Waals surface area contributed by atoms with E-state index in [1.54, 1.807) is 17.8 Å². The van der Waals surface area contributed by atoms with Crippen LogP contribution in [-0.2, 0) is 32.0 Å². The first-order valence-corrected chi connectivity index (χ1v) is 11.4. The van der Waals surface area contributed by atoms with Gasteiger partial charge in [-0.05, 0) is 18.6 Å². The van der Waals surface area contributed by atoms with Crippen LogP contribution in [0.25, 0.3) is 22.4 Å². The van der Waals surface area contributed by atoms with E-state index in [9.17, 15) is 14.4 Å². The van der Waals surface area contributed by atoms with Crippen molar-refractivity contribution in [2.45, 2.75) is 20.0 Å². The third-order valence-electron chi connectivity index (χ3n) is 6.04. The number of carbonyl (C=O) groups excluding carboxylic acids is 1. The summed E-state index contributed by atoms with van der Waals surface area (Å²) in [4.78, 5) is 43.0. The summed E-state index contributed by atoms with van der Waals surface area (Å²) in [6, 6.07) is 19.5. The molecule has 0 saturated carbocycles. The number of rotatable bonds is 6. The Bertz CT molecular complexity index is 1710. The second kappa shape index (κ2) is 9.14. The quantitative estimate of drug-likeness (QED) is 0.399. The van der Waals surface area contributed by atoms with Crippen molar-refractivity contribution in [1.82, 2.24) is 28.5 Å². The van der Waals surface area contributed by atoms with Crippen LogP contribution < -0.4 is 16.6 Å². The van der Waals surface area contributed by atoms with Crippen LogP contribution in [0, 0.1) is 6.92 Å². The Kier molecular flexibility index (Phi) is 5.85. The van der Waals surface area contributed by atoms with E-state index in [1.807, 2.05) is 61.5 Å². The highest BCUT2D eigenvalue weighted by atomic mass is 16.2. The highest BCUT2D eigenvalue weighted by Gasteiger charge is 2.19. The van der Waals surface area contributed by atoms with Gasteiger partial charge in [-0.1, -0.05) is 54.1 Å². The standard InChI is InChI=1S/C26H25N7O3/c1-17-8-7-11-19(12-17)20-13-21(33(29-20)14-18-9-5-4-6-10-18)28-22(34)15-32-25(35)23-24(27-16-30(23)2)31(3)26(32)36/h4-13,16H,14-15H2,1-3H3,(H,28,34). The third-order valence-corrected chi connectivity index (χ3v) is 6.04. The van der Waals surface area contributed by atoms with Gasteiger partial charge < -0.3 is 9.88 Å². The van der Waals surface area contributed by atoms with E-state index in [0.29, 0.717) is 18.1 Å². The molecule has 0 fully saturated rings. The highest BCUT2D eigenvalue weighted by Crippen LogP contribution is 2.24. The molecule has 3 heterocycles. The van der Waals surface area contributed by atoms with E-state index in [1.165, 1.54) is 22.5 Å². The number of amides is 1. The van der Waals surface area contributed by atoms with E-state index in [-0.39, 0.29) is 11.2 Å². The fourth-order valence-corrected chi connectivity index (χ4v) is 4.20. The third kappa shape index (κ3) is 4.24. The van der Waals surface area contributed by atoms with E-state index >= 15 is 0 Å². The molecule has 5 aromatic rings. The smallest absolute Gasteiger partial charge is 0.328 e. The summed E-state index contributed by atoms with van der Waals surface area (Å²) in [6.45, 7) is 2.00. The first-order valence-electron chi connectivity index (χ1n) is 11.4. The fraction of sp³-hybridized carbons (Fsp3) is 0.192. The minimum Gasteiger partial charge on any atom is -0.328 e. The SMILES string of the molecule is Cc1cccc(-c2cc(NC(=O)Cn3c(=O)c4c(ncn4C)n(C)c3=O)n(Cc3ccccc3)n2)c1. The molecule has 1 N–H and O–H groups in total. The zero-order chi connectivity index (χ0) is 25.4. The lowest BCUT2D eigenvalue weighted by Gasteiger charge is -2.11. The summed E-state index contributed by atoms with van der Waals surface area (Å²) in [5.74, 6) is -0.0486. The summed E-state index contributed by atoms with van der Waals surface area (Å²) < 4.78 is 5.42. The first kappa shape index (κ1) is 23.0.